The molecule has 204 valence electrons. The Kier molecular flexibility index (Phi) is 8.99. The van der Waals surface area contributed by atoms with Crippen molar-refractivity contribution in [2.24, 2.45) is 5.73 Å². The van der Waals surface area contributed by atoms with Gasteiger partial charge >= 0.3 is 5.97 Å². The maximum absolute atomic E-state index is 11.9. The fourth-order valence-corrected chi connectivity index (χ4v) is 5.55. The molecule has 1 fully saturated rings. The normalized spacial score (nSPS) is 14.5. The monoisotopic (exact) mass is 560 g/mol. The van der Waals surface area contributed by atoms with E-state index in [2.05, 4.69) is 23.9 Å². The number of fused-ring (bicyclic) bond motifs is 1. The van der Waals surface area contributed by atoms with Crippen LogP contribution in [0.15, 0.2) is 40.9 Å². The second kappa shape index (κ2) is 12.2. The van der Waals surface area contributed by atoms with Gasteiger partial charge in [0.2, 0.25) is 0 Å². The third-order valence-electron chi connectivity index (χ3n) is 6.64. The molecule has 5 rings (SSSR count). The van der Waals surface area contributed by atoms with Crippen LogP contribution < -0.4 is 15.2 Å². The molecule has 0 saturated carbocycles. The third-order valence-corrected chi connectivity index (χ3v) is 7.89. The highest BCUT2D eigenvalue weighted by Crippen LogP contribution is 2.37. The summed E-state index contributed by atoms with van der Waals surface area (Å²) in [5.41, 5.74) is 7.06. The highest BCUT2D eigenvalue weighted by Gasteiger charge is 2.22. The van der Waals surface area contributed by atoms with Gasteiger partial charge in [-0.3, -0.25) is 0 Å². The number of rotatable bonds is 7. The molecule has 3 N–H and O–H groups in total. The molecule has 4 aromatic rings. The molecule has 1 aromatic carbocycles. The van der Waals surface area contributed by atoms with E-state index in [0.29, 0.717) is 50.3 Å². The van der Waals surface area contributed by atoms with E-state index >= 15 is 0 Å². The molecule has 1 aliphatic rings. The van der Waals surface area contributed by atoms with Gasteiger partial charge in [-0.2, -0.15) is 0 Å². The molecule has 0 amide bonds. The summed E-state index contributed by atoms with van der Waals surface area (Å²) >= 11 is 7.35. The minimum atomic E-state index is -1.06. The van der Waals surface area contributed by atoms with Gasteiger partial charge in [0, 0.05) is 23.5 Å². The number of carboxylic acid groups (broad SMARTS) is 1. The third kappa shape index (κ3) is 6.15. The Morgan fingerprint density at radius 1 is 1.18 bits per heavy atom. The number of nitrogens with two attached hydrogens (primary N) is 1. The van der Waals surface area contributed by atoms with Crippen molar-refractivity contribution >= 4 is 39.8 Å². The molecule has 9 nitrogen and oxygen atoms in total. The lowest BCUT2D eigenvalue weighted by Gasteiger charge is -2.32. The number of nitrogens with zero attached hydrogens (tertiary/aromatic N) is 3. The number of likely N-dealkylation sites (tertiary alicyclic amines) is 1. The molecule has 0 radical (unpaired) electrons. The number of hydrogen-bond acceptors (Lipinski definition) is 8. The summed E-state index contributed by atoms with van der Waals surface area (Å²) in [6.45, 7) is 7.07. The Bertz CT molecular complexity index is 1390. The summed E-state index contributed by atoms with van der Waals surface area (Å²) in [5, 5.41) is 14.4. The van der Waals surface area contributed by atoms with Crippen LogP contribution in [0.5, 0.6) is 11.5 Å². The van der Waals surface area contributed by atoms with Crippen LogP contribution in [-0.2, 0) is 6.54 Å². The predicted octanol–water partition coefficient (Wildman–Crippen LogP) is 5.59. The Morgan fingerprint density at radius 2 is 1.87 bits per heavy atom. The van der Waals surface area contributed by atoms with Crippen LogP contribution in [0, 0.1) is 0 Å². The van der Waals surface area contributed by atoms with Crippen molar-refractivity contribution in [2.45, 2.75) is 45.3 Å². The number of hydrogen-bond donors (Lipinski definition) is 2. The summed E-state index contributed by atoms with van der Waals surface area (Å²) in [4.78, 5) is 15.2. The number of methoxy groups -OCH3 is 2. The zero-order chi connectivity index (χ0) is 27.4. The van der Waals surface area contributed by atoms with E-state index in [1.165, 1.54) is 51.5 Å². The standard InChI is InChI=1S/C19H15ClN2O5S.C8H18N2/c1-25-13-3-4-14(26-2)18-11(13)8-12(19(23)24)22(18)9-10-7-15(27-21-10)16-5-6-17(20)28-16;1-7(2)10-5-3-8(9)4-6-10/h3-8H,9H2,1-2H3,(H,23,24);7-8H,3-6,9H2,1-2H3. The smallest absolute Gasteiger partial charge is 0.352 e. The average Bonchev–Trinajstić information content (AvgIpc) is 3.63. The number of ether oxygens (including phenoxy) is 2. The van der Waals surface area contributed by atoms with Crippen molar-refractivity contribution in [3.8, 4) is 22.1 Å². The van der Waals surface area contributed by atoms with Crippen LogP contribution >= 0.6 is 22.9 Å². The van der Waals surface area contributed by atoms with Crippen molar-refractivity contribution < 1.29 is 23.9 Å². The first-order valence-electron chi connectivity index (χ1n) is 12.4. The Hall–Kier alpha value is -3.05. The molecule has 3 aromatic heterocycles. The van der Waals surface area contributed by atoms with Crippen molar-refractivity contribution in [2.75, 3.05) is 27.3 Å². The van der Waals surface area contributed by atoms with Crippen LogP contribution in [0.4, 0.5) is 0 Å². The number of carbonyl (C=O) groups is 1. The molecule has 0 aliphatic carbocycles. The van der Waals surface area contributed by atoms with Gasteiger partial charge in [0.25, 0.3) is 0 Å². The summed E-state index contributed by atoms with van der Waals surface area (Å²) in [5.74, 6) is 0.613. The lowest BCUT2D eigenvalue weighted by Crippen LogP contribution is -2.42. The zero-order valence-corrected chi connectivity index (χ0v) is 23.5. The first-order valence-corrected chi connectivity index (χ1v) is 13.6. The van der Waals surface area contributed by atoms with Crippen LogP contribution in [0.1, 0.15) is 42.9 Å². The van der Waals surface area contributed by atoms with Crippen molar-refractivity contribution in [3.05, 3.63) is 52.1 Å². The number of piperidine rings is 1. The fourth-order valence-electron chi connectivity index (χ4n) is 4.55. The molecule has 0 bridgehead atoms. The van der Waals surface area contributed by atoms with E-state index in [1.54, 1.807) is 34.9 Å². The SMILES string of the molecule is CC(C)N1CCC(N)CC1.COc1ccc(OC)c2c1cc(C(=O)O)n2Cc1cc(-c2ccc(Cl)s2)on1. The quantitative estimate of drug-likeness (QED) is 0.300. The molecule has 1 saturated heterocycles. The lowest BCUT2D eigenvalue weighted by molar-refractivity contribution is 0.0686. The molecule has 11 heteroatoms. The van der Waals surface area contributed by atoms with Crippen LogP contribution in [-0.4, -0.2) is 65.1 Å². The fraction of sp³-hybridized carbons (Fsp3) is 0.407. The first kappa shape index (κ1) is 28.0. The Labute approximate surface area is 230 Å². The van der Waals surface area contributed by atoms with Crippen molar-refractivity contribution in [1.82, 2.24) is 14.6 Å². The topological polar surface area (TPSA) is 116 Å². The van der Waals surface area contributed by atoms with Gasteiger partial charge in [-0.15, -0.1) is 11.3 Å². The number of halogens is 1. The van der Waals surface area contributed by atoms with Crippen LogP contribution in [0.3, 0.4) is 0 Å². The molecule has 4 heterocycles. The zero-order valence-electron chi connectivity index (χ0n) is 21.9. The van der Waals surface area contributed by atoms with Crippen LogP contribution in [0.25, 0.3) is 21.5 Å². The minimum absolute atomic E-state index is 0.0986. The van der Waals surface area contributed by atoms with Gasteiger partial charge in [-0.25, -0.2) is 4.79 Å². The number of carboxylic acids is 1. The molecular formula is C27H33ClN4O5S. The van der Waals surface area contributed by atoms with Crippen molar-refractivity contribution in [3.63, 3.8) is 0 Å². The van der Waals surface area contributed by atoms with E-state index in [1.807, 2.05) is 6.07 Å². The van der Waals surface area contributed by atoms with E-state index < -0.39 is 5.97 Å². The van der Waals surface area contributed by atoms with Gasteiger partial charge < -0.3 is 34.3 Å². The summed E-state index contributed by atoms with van der Waals surface area (Å²) in [6.07, 6.45) is 2.36. The molecule has 0 unspecified atom stereocenters. The molecule has 1 aliphatic heterocycles. The summed E-state index contributed by atoms with van der Waals surface area (Å²) < 4.78 is 18.5. The van der Waals surface area contributed by atoms with Gasteiger partial charge in [0.05, 0.1) is 35.5 Å². The lowest BCUT2D eigenvalue weighted by atomic mass is 10.1. The maximum atomic E-state index is 11.9. The highest BCUT2D eigenvalue weighted by molar-refractivity contribution is 7.19. The predicted molar refractivity (Wildman–Crippen MR) is 150 cm³/mol. The molecule has 0 atom stereocenters. The number of aromatic carboxylic acids is 1. The summed E-state index contributed by atoms with van der Waals surface area (Å²) in [7, 11) is 3.07. The minimum Gasteiger partial charge on any atom is -0.496 e. The average molecular weight is 561 g/mol. The molecular weight excluding hydrogens is 528 g/mol. The number of aromatic nitrogens is 2. The van der Waals surface area contributed by atoms with E-state index in [-0.39, 0.29) is 12.2 Å². The van der Waals surface area contributed by atoms with Crippen LogP contribution in [0.2, 0.25) is 4.34 Å². The summed E-state index contributed by atoms with van der Waals surface area (Å²) in [6, 6.07) is 11.6. The number of thiophene rings is 1. The van der Waals surface area contributed by atoms with E-state index in [9.17, 15) is 9.90 Å². The van der Waals surface area contributed by atoms with Gasteiger partial charge in [-0.05, 0) is 70.1 Å². The highest BCUT2D eigenvalue weighted by atomic mass is 35.5. The second-order valence-corrected chi connectivity index (χ2v) is 11.1. The Morgan fingerprint density at radius 3 is 2.45 bits per heavy atom. The van der Waals surface area contributed by atoms with E-state index in [4.69, 9.17) is 31.3 Å². The Balaban J connectivity index is 0.000000283. The largest absolute Gasteiger partial charge is 0.496 e. The molecule has 0 spiro atoms. The maximum Gasteiger partial charge on any atom is 0.352 e. The second-order valence-electron chi connectivity index (χ2n) is 9.41. The number of benzene rings is 1. The first-order chi connectivity index (χ1) is 18.2. The molecule has 38 heavy (non-hydrogen) atoms. The van der Waals surface area contributed by atoms with Gasteiger partial charge in [0.1, 0.15) is 22.9 Å². The van der Waals surface area contributed by atoms with E-state index in [0.717, 1.165) is 4.88 Å². The van der Waals surface area contributed by atoms with Crippen molar-refractivity contribution in [1.29, 1.82) is 0 Å². The van der Waals surface area contributed by atoms with Gasteiger partial charge in [-0.1, -0.05) is 16.8 Å². The van der Waals surface area contributed by atoms with Gasteiger partial charge in [0.15, 0.2) is 5.76 Å².